The first-order valence-electron chi connectivity index (χ1n) is 7.95. The van der Waals surface area contributed by atoms with E-state index in [2.05, 4.69) is 20.6 Å². The number of carbonyl (C=O) groups excluding carboxylic acids is 1. The Morgan fingerprint density at radius 1 is 0.963 bits per heavy atom. The number of benzene rings is 2. The normalized spacial score (nSPS) is 11.1. The molecule has 0 aliphatic carbocycles. The fraction of sp³-hybridized carbons (Fsp3) is 0.105. The van der Waals surface area contributed by atoms with Crippen molar-refractivity contribution in [3.05, 3.63) is 77.6 Å². The average molecular weight is 372 g/mol. The number of halogens is 3. The topological polar surface area (TPSA) is 66.9 Å². The minimum absolute atomic E-state index is 0.185. The van der Waals surface area contributed by atoms with Crippen LogP contribution in [0.2, 0.25) is 0 Å². The molecule has 0 aliphatic heterocycles. The first-order chi connectivity index (χ1) is 12.8. The third-order valence-electron chi connectivity index (χ3n) is 3.66. The Morgan fingerprint density at radius 2 is 1.63 bits per heavy atom. The molecule has 8 heteroatoms. The van der Waals surface area contributed by atoms with Crippen molar-refractivity contribution in [2.75, 3.05) is 10.6 Å². The number of aryl methyl sites for hydroxylation is 1. The molecule has 0 atom stereocenters. The minimum atomic E-state index is -4.42. The van der Waals surface area contributed by atoms with E-state index in [1.54, 1.807) is 0 Å². The van der Waals surface area contributed by atoms with Crippen LogP contribution in [0.15, 0.2) is 60.9 Å². The highest BCUT2D eigenvalue weighted by Crippen LogP contribution is 2.29. The third kappa shape index (κ3) is 4.81. The quantitative estimate of drug-likeness (QED) is 0.690. The second kappa shape index (κ2) is 7.45. The lowest BCUT2D eigenvalue weighted by Crippen LogP contribution is -2.13. The first kappa shape index (κ1) is 18.4. The van der Waals surface area contributed by atoms with Gasteiger partial charge in [-0.15, -0.1) is 0 Å². The van der Waals surface area contributed by atoms with E-state index in [1.807, 2.05) is 31.2 Å². The van der Waals surface area contributed by atoms with E-state index in [4.69, 9.17) is 0 Å². The van der Waals surface area contributed by atoms with Crippen LogP contribution in [0.3, 0.4) is 0 Å². The van der Waals surface area contributed by atoms with E-state index < -0.39 is 17.6 Å². The van der Waals surface area contributed by atoms with Crippen molar-refractivity contribution in [2.24, 2.45) is 0 Å². The van der Waals surface area contributed by atoms with Gasteiger partial charge in [-0.2, -0.15) is 13.2 Å². The van der Waals surface area contributed by atoms with E-state index in [-0.39, 0.29) is 11.3 Å². The van der Waals surface area contributed by atoms with Crippen molar-refractivity contribution in [2.45, 2.75) is 13.1 Å². The molecule has 3 aromatic rings. The molecule has 27 heavy (non-hydrogen) atoms. The number of hydrogen-bond donors (Lipinski definition) is 2. The van der Waals surface area contributed by atoms with E-state index in [0.29, 0.717) is 5.95 Å². The molecule has 0 fully saturated rings. The highest BCUT2D eigenvalue weighted by molar-refractivity contribution is 6.03. The SMILES string of the molecule is Cc1cccc(Nc2ncc(C(=O)Nc3ccc(C(F)(F)F)cc3)cn2)c1. The molecule has 1 heterocycles. The Balaban J connectivity index is 1.65. The van der Waals surface area contributed by atoms with Gasteiger partial charge in [-0.1, -0.05) is 12.1 Å². The summed E-state index contributed by atoms with van der Waals surface area (Å²) < 4.78 is 37.7. The molecule has 0 saturated heterocycles. The molecule has 2 N–H and O–H groups in total. The van der Waals surface area contributed by atoms with Crippen LogP contribution in [0.1, 0.15) is 21.5 Å². The number of alkyl halides is 3. The van der Waals surface area contributed by atoms with Crippen LogP contribution in [0, 0.1) is 6.92 Å². The maximum absolute atomic E-state index is 12.6. The van der Waals surface area contributed by atoms with Crippen molar-refractivity contribution in [1.29, 1.82) is 0 Å². The third-order valence-corrected chi connectivity index (χ3v) is 3.66. The first-order valence-corrected chi connectivity index (χ1v) is 7.95. The lowest BCUT2D eigenvalue weighted by atomic mass is 10.2. The fourth-order valence-corrected chi connectivity index (χ4v) is 2.31. The number of nitrogens with zero attached hydrogens (tertiary/aromatic N) is 2. The largest absolute Gasteiger partial charge is 0.416 e. The number of nitrogens with one attached hydrogen (secondary N) is 2. The summed E-state index contributed by atoms with van der Waals surface area (Å²) >= 11 is 0. The molecule has 0 saturated carbocycles. The van der Waals surface area contributed by atoms with Crippen molar-refractivity contribution >= 4 is 23.2 Å². The summed E-state index contributed by atoms with van der Waals surface area (Å²) in [5, 5.41) is 5.53. The summed E-state index contributed by atoms with van der Waals surface area (Å²) in [4.78, 5) is 20.3. The molecule has 0 spiro atoms. The van der Waals surface area contributed by atoms with E-state index in [1.165, 1.54) is 24.5 Å². The van der Waals surface area contributed by atoms with Gasteiger partial charge in [-0.3, -0.25) is 4.79 Å². The van der Waals surface area contributed by atoms with Crippen molar-refractivity contribution in [3.8, 4) is 0 Å². The zero-order valence-corrected chi connectivity index (χ0v) is 14.2. The van der Waals surface area contributed by atoms with Crippen LogP contribution in [0.5, 0.6) is 0 Å². The van der Waals surface area contributed by atoms with Crippen LogP contribution in [0.25, 0.3) is 0 Å². The molecule has 0 aliphatic rings. The van der Waals surface area contributed by atoms with E-state index >= 15 is 0 Å². The van der Waals surface area contributed by atoms with Gasteiger partial charge < -0.3 is 10.6 Å². The van der Waals surface area contributed by atoms with Crippen LogP contribution < -0.4 is 10.6 Å². The molecule has 138 valence electrons. The van der Waals surface area contributed by atoms with Gasteiger partial charge in [0.25, 0.3) is 5.91 Å². The van der Waals surface area contributed by atoms with E-state index in [9.17, 15) is 18.0 Å². The maximum Gasteiger partial charge on any atom is 0.416 e. The molecule has 0 unspecified atom stereocenters. The van der Waals surface area contributed by atoms with Gasteiger partial charge in [-0.25, -0.2) is 9.97 Å². The van der Waals surface area contributed by atoms with Crippen molar-refractivity contribution < 1.29 is 18.0 Å². The summed E-state index contributed by atoms with van der Waals surface area (Å²) in [7, 11) is 0. The number of amides is 1. The number of hydrogen-bond acceptors (Lipinski definition) is 4. The smallest absolute Gasteiger partial charge is 0.324 e. The number of rotatable bonds is 4. The molecule has 0 radical (unpaired) electrons. The summed E-state index contributed by atoms with van der Waals surface area (Å²) in [6.45, 7) is 1.96. The minimum Gasteiger partial charge on any atom is -0.324 e. The predicted octanol–water partition coefficient (Wildman–Crippen LogP) is 4.80. The highest BCUT2D eigenvalue weighted by Gasteiger charge is 2.30. The molecular weight excluding hydrogens is 357 g/mol. The summed E-state index contributed by atoms with van der Waals surface area (Å²) in [5.41, 5.74) is 1.54. The maximum atomic E-state index is 12.6. The molecular formula is C19H15F3N4O. The van der Waals surface area contributed by atoms with Crippen molar-refractivity contribution in [1.82, 2.24) is 9.97 Å². The Bertz CT molecular complexity index is 938. The fourth-order valence-electron chi connectivity index (χ4n) is 2.31. The Morgan fingerprint density at radius 3 is 2.22 bits per heavy atom. The summed E-state index contributed by atoms with van der Waals surface area (Å²) in [5.74, 6) is -0.191. The Hall–Kier alpha value is -3.42. The van der Waals surface area contributed by atoms with Crippen LogP contribution in [0.4, 0.5) is 30.5 Å². The number of anilines is 3. The molecule has 5 nitrogen and oxygen atoms in total. The van der Waals surface area contributed by atoms with Gasteiger partial charge >= 0.3 is 6.18 Å². The van der Waals surface area contributed by atoms with Gasteiger partial charge in [0.1, 0.15) is 0 Å². The number of aromatic nitrogens is 2. The molecule has 0 bridgehead atoms. The summed E-state index contributed by atoms with van der Waals surface area (Å²) in [6.07, 6.45) is -1.74. The molecule has 1 aromatic heterocycles. The van der Waals surface area contributed by atoms with E-state index in [0.717, 1.165) is 23.4 Å². The van der Waals surface area contributed by atoms with Crippen molar-refractivity contribution in [3.63, 3.8) is 0 Å². The van der Waals surface area contributed by atoms with Gasteiger partial charge in [0.2, 0.25) is 5.95 Å². The molecule has 2 aromatic carbocycles. The second-order valence-corrected chi connectivity index (χ2v) is 5.82. The lowest BCUT2D eigenvalue weighted by molar-refractivity contribution is -0.137. The van der Waals surface area contributed by atoms with Gasteiger partial charge in [0.05, 0.1) is 11.1 Å². The zero-order chi connectivity index (χ0) is 19.4. The molecule has 1 amide bonds. The standard InChI is InChI=1S/C19H15F3N4O/c1-12-3-2-4-16(9-12)26-18-23-10-13(11-24-18)17(27)25-15-7-5-14(6-8-15)19(20,21)22/h2-11H,1H3,(H,25,27)(H,23,24,26). The monoisotopic (exact) mass is 372 g/mol. The average Bonchev–Trinajstić information content (AvgIpc) is 2.62. The van der Waals surface area contributed by atoms with Crippen LogP contribution in [-0.4, -0.2) is 15.9 Å². The lowest BCUT2D eigenvalue weighted by Gasteiger charge is -2.09. The molecule has 3 rings (SSSR count). The Kier molecular flexibility index (Phi) is 5.07. The highest BCUT2D eigenvalue weighted by atomic mass is 19.4. The second-order valence-electron chi connectivity index (χ2n) is 5.82. The van der Waals surface area contributed by atoms with Gasteiger partial charge in [0, 0.05) is 23.8 Å². The van der Waals surface area contributed by atoms with Crippen LogP contribution >= 0.6 is 0 Å². The van der Waals surface area contributed by atoms with Gasteiger partial charge in [0.15, 0.2) is 0 Å². The summed E-state index contributed by atoms with van der Waals surface area (Å²) in [6, 6.07) is 11.8. The predicted molar refractivity (Wildman–Crippen MR) is 95.9 cm³/mol. The van der Waals surface area contributed by atoms with Gasteiger partial charge in [-0.05, 0) is 48.9 Å². The Labute approximate surface area is 153 Å². The van der Waals surface area contributed by atoms with Crippen LogP contribution in [-0.2, 0) is 6.18 Å². The number of carbonyl (C=O) groups is 1. The zero-order valence-electron chi connectivity index (χ0n) is 14.2.